The maximum absolute atomic E-state index is 11.9. The zero-order valence-electron chi connectivity index (χ0n) is 9.58. The number of rotatable bonds is 3. The molecule has 0 aromatic heterocycles. The van der Waals surface area contributed by atoms with Crippen LogP contribution in [0, 0.1) is 19.3 Å². The van der Waals surface area contributed by atoms with Crippen molar-refractivity contribution in [3.63, 3.8) is 0 Å². The van der Waals surface area contributed by atoms with Gasteiger partial charge < -0.3 is 11.1 Å². The maximum Gasteiger partial charge on any atom is 0.253 e. The van der Waals surface area contributed by atoms with Gasteiger partial charge in [-0.25, -0.2) is 0 Å². The molecule has 1 aromatic carbocycles. The van der Waals surface area contributed by atoms with E-state index in [4.69, 9.17) is 12.2 Å². The SMILES string of the molecule is C#CCC(C)NC(=O)c1c(C)cccc1N. The molecular weight excluding hydrogens is 200 g/mol. The molecule has 0 aliphatic carbocycles. The molecule has 0 heterocycles. The predicted octanol–water partition coefficient (Wildman–Crippen LogP) is 1.72. The van der Waals surface area contributed by atoms with Gasteiger partial charge in [0.15, 0.2) is 0 Å². The first-order valence-corrected chi connectivity index (χ1v) is 5.15. The van der Waals surface area contributed by atoms with Gasteiger partial charge in [-0.1, -0.05) is 12.1 Å². The van der Waals surface area contributed by atoms with Gasteiger partial charge >= 0.3 is 0 Å². The van der Waals surface area contributed by atoms with Crippen LogP contribution in [0.4, 0.5) is 5.69 Å². The van der Waals surface area contributed by atoms with Gasteiger partial charge in [0, 0.05) is 18.2 Å². The Bertz CT molecular complexity index is 412. The first-order valence-electron chi connectivity index (χ1n) is 5.15. The lowest BCUT2D eigenvalue weighted by atomic mass is 10.1. The molecule has 0 saturated heterocycles. The topological polar surface area (TPSA) is 55.1 Å². The summed E-state index contributed by atoms with van der Waals surface area (Å²) in [5, 5.41) is 2.82. The van der Waals surface area contributed by atoms with Gasteiger partial charge in [-0.2, -0.15) is 0 Å². The third-order valence-corrected chi connectivity index (χ3v) is 2.33. The van der Waals surface area contributed by atoms with Crippen LogP contribution in [0.3, 0.4) is 0 Å². The highest BCUT2D eigenvalue weighted by Gasteiger charge is 2.14. The number of terminal acetylenes is 1. The van der Waals surface area contributed by atoms with Gasteiger partial charge in [0.1, 0.15) is 0 Å². The molecule has 3 N–H and O–H groups in total. The third-order valence-electron chi connectivity index (χ3n) is 2.33. The molecule has 1 atom stereocenters. The molecule has 0 aliphatic heterocycles. The van der Waals surface area contributed by atoms with E-state index in [-0.39, 0.29) is 11.9 Å². The molecule has 1 rings (SSSR count). The van der Waals surface area contributed by atoms with Gasteiger partial charge in [-0.15, -0.1) is 12.3 Å². The van der Waals surface area contributed by atoms with Crippen LogP contribution in [0.2, 0.25) is 0 Å². The second kappa shape index (κ2) is 5.22. The van der Waals surface area contributed by atoms with Crippen LogP contribution in [0.5, 0.6) is 0 Å². The van der Waals surface area contributed by atoms with E-state index in [1.165, 1.54) is 0 Å². The Morgan fingerprint density at radius 1 is 1.62 bits per heavy atom. The van der Waals surface area contributed by atoms with Crippen molar-refractivity contribution in [2.45, 2.75) is 26.3 Å². The second-order valence-electron chi connectivity index (χ2n) is 3.82. The number of nitrogen functional groups attached to an aromatic ring is 1. The van der Waals surface area contributed by atoms with Gasteiger partial charge in [0.05, 0.1) is 5.56 Å². The lowest BCUT2D eigenvalue weighted by Gasteiger charge is -2.13. The fraction of sp³-hybridized carbons (Fsp3) is 0.308. The smallest absolute Gasteiger partial charge is 0.253 e. The minimum Gasteiger partial charge on any atom is -0.398 e. The summed E-state index contributed by atoms with van der Waals surface area (Å²) in [6, 6.07) is 5.36. The largest absolute Gasteiger partial charge is 0.398 e. The van der Waals surface area contributed by atoms with Gasteiger partial charge in [-0.3, -0.25) is 4.79 Å². The molecule has 1 amide bonds. The van der Waals surface area contributed by atoms with E-state index in [1.54, 1.807) is 6.07 Å². The van der Waals surface area contributed by atoms with Crippen LogP contribution in [0.1, 0.15) is 29.3 Å². The van der Waals surface area contributed by atoms with E-state index >= 15 is 0 Å². The van der Waals surface area contributed by atoms with E-state index in [9.17, 15) is 4.79 Å². The molecule has 1 aromatic rings. The van der Waals surface area contributed by atoms with Crippen molar-refractivity contribution in [1.29, 1.82) is 0 Å². The highest BCUT2D eigenvalue weighted by Crippen LogP contribution is 2.16. The summed E-state index contributed by atoms with van der Waals surface area (Å²) in [6.07, 6.45) is 5.69. The molecule has 0 spiro atoms. The number of benzene rings is 1. The average Bonchev–Trinajstić information content (AvgIpc) is 2.17. The first kappa shape index (κ1) is 12.1. The van der Waals surface area contributed by atoms with E-state index < -0.39 is 0 Å². The maximum atomic E-state index is 11.9. The van der Waals surface area contributed by atoms with Crippen molar-refractivity contribution in [2.75, 3.05) is 5.73 Å². The highest BCUT2D eigenvalue weighted by atomic mass is 16.1. The van der Waals surface area contributed by atoms with E-state index in [0.717, 1.165) is 5.56 Å². The summed E-state index contributed by atoms with van der Waals surface area (Å²) in [6.45, 7) is 3.73. The summed E-state index contributed by atoms with van der Waals surface area (Å²) in [5.74, 6) is 2.34. The number of aryl methyl sites for hydroxylation is 1. The number of hydrogen-bond acceptors (Lipinski definition) is 2. The summed E-state index contributed by atoms with van der Waals surface area (Å²) in [7, 11) is 0. The van der Waals surface area contributed by atoms with E-state index in [1.807, 2.05) is 26.0 Å². The Hall–Kier alpha value is -1.95. The second-order valence-corrected chi connectivity index (χ2v) is 3.82. The van der Waals surface area contributed by atoms with E-state index in [2.05, 4.69) is 11.2 Å². The molecule has 0 fully saturated rings. The fourth-order valence-corrected chi connectivity index (χ4v) is 1.52. The summed E-state index contributed by atoms with van der Waals surface area (Å²) in [4.78, 5) is 11.9. The number of carbonyl (C=O) groups excluding carboxylic acids is 1. The molecule has 0 bridgehead atoms. The summed E-state index contributed by atoms with van der Waals surface area (Å²) >= 11 is 0. The Morgan fingerprint density at radius 2 is 2.31 bits per heavy atom. The van der Waals surface area contributed by atoms with Crippen molar-refractivity contribution in [3.05, 3.63) is 29.3 Å². The summed E-state index contributed by atoms with van der Waals surface area (Å²) < 4.78 is 0. The first-order chi connectivity index (χ1) is 7.56. The average molecular weight is 216 g/mol. The van der Waals surface area contributed by atoms with Crippen molar-refractivity contribution in [3.8, 4) is 12.3 Å². The fourth-order valence-electron chi connectivity index (χ4n) is 1.52. The van der Waals surface area contributed by atoms with Gasteiger partial charge in [0.2, 0.25) is 0 Å². The van der Waals surface area contributed by atoms with E-state index in [0.29, 0.717) is 17.7 Å². The molecule has 0 saturated carbocycles. The zero-order valence-corrected chi connectivity index (χ0v) is 9.58. The van der Waals surface area contributed by atoms with Crippen molar-refractivity contribution in [2.24, 2.45) is 0 Å². The van der Waals surface area contributed by atoms with Gasteiger partial charge in [-0.05, 0) is 25.5 Å². The monoisotopic (exact) mass is 216 g/mol. The Morgan fingerprint density at radius 3 is 2.88 bits per heavy atom. The minimum atomic E-state index is -0.168. The Labute approximate surface area is 96.0 Å². The number of carbonyl (C=O) groups is 1. The number of anilines is 1. The number of nitrogens with two attached hydrogens (primary N) is 1. The van der Waals surface area contributed by atoms with Crippen LogP contribution in [0.15, 0.2) is 18.2 Å². The normalized spacial score (nSPS) is 11.6. The molecular formula is C13H16N2O. The van der Waals surface area contributed by atoms with Crippen LogP contribution >= 0.6 is 0 Å². The van der Waals surface area contributed by atoms with Crippen LogP contribution in [-0.2, 0) is 0 Å². The van der Waals surface area contributed by atoms with Crippen molar-refractivity contribution in [1.82, 2.24) is 5.32 Å². The van der Waals surface area contributed by atoms with Crippen LogP contribution in [-0.4, -0.2) is 11.9 Å². The van der Waals surface area contributed by atoms with Crippen molar-refractivity contribution >= 4 is 11.6 Å². The molecule has 0 aliphatic rings. The molecule has 0 radical (unpaired) electrons. The Balaban J connectivity index is 2.85. The third kappa shape index (κ3) is 2.77. The lowest BCUT2D eigenvalue weighted by molar-refractivity contribution is 0.0941. The molecule has 16 heavy (non-hydrogen) atoms. The highest BCUT2D eigenvalue weighted by molar-refractivity contribution is 6.00. The minimum absolute atomic E-state index is 0.0449. The lowest BCUT2D eigenvalue weighted by Crippen LogP contribution is -2.33. The number of hydrogen-bond donors (Lipinski definition) is 2. The quantitative estimate of drug-likeness (QED) is 0.597. The predicted molar refractivity (Wildman–Crippen MR) is 66.0 cm³/mol. The molecule has 1 unspecified atom stereocenters. The molecule has 3 nitrogen and oxygen atoms in total. The number of nitrogens with one attached hydrogen (secondary N) is 1. The Kier molecular flexibility index (Phi) is 3.96. The van der Waals surface area contributed by atoms with Crippen molar-refractivity contribution < 1.29 is 4.79 Å². The molecule has 3 heteroatoms. The van der Waals surface area contributed by atoms with Crippen LogP contribution in [0.25, 0.3) is 0 Å². The molecule has 84 valence electrons. The van der Waals surface area contributed by atoms with Gasteiger partial charge in [0.25, 0.3) is 5.91 Å². The zero-order chi connectivity index (χ0) is 12.1. The summed E-state index contributed by atoms with van der Waals surface area (Å²) in [5.41, 5.74) is 7.66. The standard InChI is InChI=1S/C13H16N2O/c1-4-6-10(3)15-13(16)12-9(2)7-5-8-11(12)14/h1,5,7-8,10H,6,14H2,2-3H3,(H,15,16). The number of amides is 1. The van der Waals surface area contributed by atoms with Crippen LogP contribution < -0.4 is 11.1 Å².